The Hall–Kier alpha value is -2.45. The van der Waals surface area contributed by atoms with E-state index in [1.807, 2.05) is 13.0 Å². The van der Waals surface area contributed by atoms with Gasteiger partial charge in [-0.1, -0.05) is 25.2 Å². The van der Waals surface area contributed by atoms with Crippen LogP contribution in [0.1, 0.15) is 52.4 Å². The Balaban J connectivity index is 1.78. The number of aliphatic hydroxyl groups is 2. The van der Waals surface area contributed by atoms with Gasteiger partial charge < -0.3 is 10.2 Å². The molecule has 0 aromatic rings. The standard InChI is InChI=1S/C23H32FN3O4/c1-3-17(18(24)4-2)8-5-13-25-14-6-9-19-21(30)26(16-28)23(11-7-12-23)27(19)22(31)20(29)10-15-25/h4,8-10,28-29H,3,5-7,11-16H2,1-2H3/b17-8-,18-4+,19-9+,20-10-. The van der Waals surface area contributed by atoms with Crippen LogP contribution in [0.5, 0.6) is 0 Å². The van der Waals surface area contributed by atoms with Crippen LogP contribution in [-0.2, 0) is 9.59 Å². The largest absolute Gasteiger partial charge is 0.503 e. The summed E-state index contributed by atoms with van der Waals surface area (Å²) in [7, 11) is 0. The van der Waals surface area contributed by atoms with Crippen LogP contribution in [0, 0.1) is 0 Å². The van der Waals surface area contributed by atoms with E-state index in [-0.39, 0.29) is 17.4 Å². The minimum Gasteiger partial charge on any atom is -0.503 e. The number of carbonyl (C=O) groups is 2. The molecule has 0 atom stereocenters. The Labute approximate surface area is 182 Å². The van der Waals surface area contributed by atoms with Gasteiger partial charge in [0.05, 0.1) is 0 Å². The van der Waals surface area contributed by atoms with Crippen molar-refractivity contribution in [3.8, 4) is 0 Å². The summed E-state index contributed by atoms with van der Waals surface area (Å²) < 4.78 is 13.8. The summed E-state index contributed by atoms with van der Waals surface area (Å²) in [6.07, 6.45) is 10.3. The number of hydrogen-bond acceptors (Lipinski definition) is 5. The molecule has 31 heavy (non-hydrogen) atoms. The van der Waals surface area contributed by atoms with Gasteiger partial charge in [0.25, 0.3) is 11.8 Å². The number of rotatable bonds is 6. The lowest BCUT2D eigenvalue weighted by Gasteiger charge is -2.48. The molecule has 1 spiro atoms. The second-order valence-corrected chi connectivity index (χ2v) is 8.13. The zero-order valence-electron chi connectivity index (χ0n) is 18.3. The molecular formula is C23H32FN3O4. The molecule has 1 saturated heterocycles. The lowest BCUT2D eigenvalue weighted by Crippen LogP contribution is -2.60. The fourth-order valence-electron chi connectivity index (χ4n) is 4.54. The third-order valence-corrected chi connectivity index (χ3v) is 6.44. The van der Waals surface area contributed by atoms with E-state index < -0.39 is 24.1 Å². The lowest BCUT2D eigenvalue weighted by atomic mass is 9.83. The van der Waals surface area contributed by atoms with Crippen molar-refractivity contribution in [2.75, 3.05) is 26.4 Å². The van der Waals surface area contributed by atoms with Crippen LogP contribution in [0.3, 0.4) is 0 Å². The van der Waals surface area contributed by atoms with Gasteiger partial charge in [-0.15, -0.1) is 0 Å². The van der Waals surface area contributed by atoms with Crippen molar-refractivity contribution in [3.63, 3.8) is 0 Å². The molecule has 2 fully saturated rings. The Kier molecular flexibility index (Phi) is 7.33. The van der Waals surface area contributed by atoms with E-state index in [0.717, 1.165) is 6.42 Å². The van der Waals surface area contributed by atoms with Crippen molar-refractivity contribution in [3.05, 3.63) is 47.2 Å². The summed E-state index contributed by atoms with van der Waals surface area (Å²) in [5.41, 5.74) is 0.0263. The molecule has 2 N–H and O–H groups in total. The molecule has 0 radical (unpaired) electrons. The van der Waals surface area contributed by atoms with Crippen molar-refractivity contribution >= 4 is 11.8 Å². The SMILES string of the molecule is C/C=C(F)\C(=C/CCN1C/C=C(\O)C(=O)N2/C(=C/CC1)C(=O)N(CO)C21CCC1)CC. The van der Waals surface area contributed by atoms with E-state index in [2.05, 4.69) is 4.90 Å². The summed E-state index contributed by atoms with van der Waals surface area (Å²) in [6, 6.07) is 0. The minimum atomic E-state index is -0.867. The number of allylic oxidation sites excluding steroid dienone is 3. The van der Waals surface area contributed by atoms with Crippen molar-refractivity contribution in [2.24, 2.45) is 0 Å². The van der Waals surface area contributed by atoms with E-state index in [9.17, 15) is 24.2 Å². The highest BCUT2D eigenvalue weighted by atomic mass is 19.1. The first-order valence-electron chi connectivity index (χ1n) is 11.0. The van der Waals surface area contributed by atoms with Crippen LogP contribution < -0.4 is 0 Å². The van der Waals surface area contributed by atoms with Crippen LogP contribution in [0.4, 0.5) is 4.39 Å². The first kappa shape index (κ1) is 23.2. The molecule has 7 nitrogen and oxygen atoms in total. The van der Waals surface area contributed by atoms with E-state index >= 15 is 0 Å². The highest BCUT2D eigenvalue weighted by molar-refractivity contribution is 6.05. The second-order valence-electron chi connectivity index (χ2n) is 8.13. The van der Waals surface area contributed by atoms with E-state index in [4.69, 9.17) is 0 Å². The Morgan fingerprint density at radius 1 is 1.26 bits per heavy atom. The van der Waals surface area contributed by atoms with Gasteiger partial charge in [0.15, 0.2) is 5.76 Å². The Bertz CT molecular complexity index is 842. The van der Waals surface area contributed by atoms with Crippen molar-refractivity contribution < 1.29 is 24.2 Å². The van der Waals surface area contributed by atoms with Crippen molar-refractivity contribution in [2.45, 2.75) is 58.0 Å². The zero-order chi connectivity index (χ0) is 22.6. The Morgan fingerprint density at radius 3 is 2.58 bits per heavy atom. The first-order valence-corrected chi connectivity index (χ1v) is 11.0. The first-order chi connectivity index (χ1) is 14.9. The number of amides is 2. The van der Waals surface area contributed by atoms with Crippen molar-refractivity contribution in [1.29, 1.82) is 0 Å². The minimum absolute atomic E-state index is 0.213. The normalized spacial score (nSPS) is 26.3. The molecule has 0 aromatic heterocycles. The molecule has 0 aromatic carbocycles. The van der Waals surface area contributed by atoms with Gasteiger partial charge in [-0.25, -0.2) is 4.39 Å². The molecule has 3 rings (SSSR count). The van der Waals surface area contributed by atoms with Crippen LogP contribution in [0.15, 0.2) is 47.2 Å². The van der Waals surface area contributed by atoms with Gasteiger partial charge in [0.2, 0.25) is 0 Å². The number of aliphatic hydroxyl groups excluding tert-OH is 2. The third kappa shape index (κ3) is 4.32. The van der Waals surface area contributed by atoms with Crippen LogP contribution in [0.2, 0.25) is 0 Å². The van der Waals surface area contributed by atoms with Gasteiger partial charge in [0.1, 0.15) is 23.9 Å². The zero-order valence-corrected chi connectivity index (χ0v) is 18.3. The van der Waals surface area contributed by atoms with Crippen LogP contribution in [0.25, 0.3) is 0 Å². The molecule has 3 aliphatic rings. The van der Waals surface area contributed by atoms with Gasteiger partial charge in [-0.2, -0.15) is 0 Å². The van der Waals surface area contributed by atoms with Gasteiger partial charge in [-0.05, 0) is 57.1 Å². The summed E-state index contributed by atoms with van der Waals surface area (Å²) in [5.74, 6) is -1.61. The molecule has 1 saturated carbocycles. The monoisotopic (exact) mass is 433 g/mol. The second kappa shape index (κ2) is 9.78. The maximum Gasteiger partial charge on any atom is 0.294 e. The molecule has 2 amide bonds. The van der Waals surface area contributed by atoms with Crippen LogP contribution in [-0.4, -0.2) is 68.8 Å². The molecule has 2 heterocycles. The van der Waals surface area contributed by atoms with Gasteiger partial charge >= 0.3 is 0 Å². The highest BCUT2D eigenvalue weighted by Gasteiger charge is 2.59. The third-order valence-electron chi connectivity index (χ3n) is 6.44. The molecule has 1 aliphatic carbocycles. The quantitative estimate of drug-likeness (QED) is 0.629. The smallest absolute Gasteiger partial charge is 0.294 e. The molecule has 170 valence electrons. The molecule has 0 unspecified atom stereocenters. The molecule has 2 aliphatic heterocycles. The number of fused-ring (bicyclic) bond motifs is 2. The van der Waals surface area contributed by atoms with E-state index in [1.54, 1.807) is 13.0 Å². The number of hydrogen-bond donors (Lipinski definition) is 2. The summed E-state index contributed by atoms with van der Waals surface area (Å²) in [5, 5.41) is 20.2. The number of halogens is 1. The summed E-state index contributed by atoms with van der Waals surface area (Å²) >= 11 is 0. The fraction of sp³-hybridized carbons (Fsp3) is 0.565. The predicted octanol–water partition coefficient (Wildman–Crippen LogP) is 3.12. The van der Waals surface area contributed by atoms with E-state index in [0.29, 0.717) is 57.3 Å². The predicted molar refractivity (Wildman–Crippen MR) is 115 cm³/mol. The summed E-state index contributed by atoms with van der Waals surface area (Å²) in [6.45, 7) is 4.74. The van der Waals surface area contributed by atoms with Gasteiger partial charge in [0, 0.05) is 19.6 Å². The average molecular weight is 434 g/mol. The number of carbonyl (C=O) groups excluding carboxylic acids is 2. The topological polar surface area (TPSA) is 84.3 Å². The maximum atomic E-state index is 13.8. The summed E-state index contributed by atoms with van der Waals surface area (Å²) in [4.78, 5) is 30.7. The van der Waals surface area contributed by atoms with Crippen molar-refractivity contribution in [1.82, 2.24) is 14.7 Å². The lowest BCUT2D eigenvalue weighted by molar-refractivity contribution is -0.152. The number of nitrogens with zero attached hydrogens (tertiary/aromatic N) is 3. The fourth-order valence-corrected chi connectivity index (χ4v) is 4.54. The van der Waals surface area contributed by atoms with E-state index in [1.165, 1.54) is 22.0 Å². The van der Waals surface area contributed by atoms with Gasteiger partial charge in [-0.3, -0.25) is 24.3 Å². The van der Waals surface area contributed by atoms with Crippen LogP contribution >= 0.6 is 0 Å². The molecular weight excluding hydrogens is 401 g/mol. The maximum absolute atomic E-state index is 13.8. The highest BCUT2D eigenvalue weighted by Crippen LogP contribution is 2.48. The molecule has 8 heteroatoms. The Morgan fingerprint density at radius 2 is 2.00 bits per heavy atom. The average Bonchev–Trinajstić information content (AvgIpc) is 3.00. The molecule has 0 bridgehead atoms.